The largest absolute Gasteiger partial charge is 0.237 e. The Hall–Kier alpha value is 1.37. The van der Waals surface area contributed by atoms with Gasteiger partial charge in [0.05, 0.1) is 9.10 Å². The molecule has 1 heterocycles. The van der Waals surface area contributed by atoms with Gasteiger partial charge in [-0.25, -0.2) is 12.6 Å². The quantitative estimate of drug-likeness (QED) is 0.663. The second kappa shape index (κ2) is 5.81. The van der Waals surface area contributed by atoms with Crippen molar-refractivity contribution >= 4 is 86.1 Å². The van der Waals surface area contributed by atoms with Crippen molar-refractivity contribution in [3.63, 3.8) is 0 Å². The number of hydrogen-bond acceptors (Lipinski definition) is 5. The van der Waals surface area contributed by atoms with E-state index in [4.69, 9.17) is 32.0 Å². The molecule has 1 rings (SSSR count). The molecule has 0 aliphatic heterocycles. The summed E-state index contributed by atoms with van der Waals surface area (Å²) >= 11 is 4.85. The van der Waals surface area contributed by atoms with Crippen LogP contribution in [0.4, 0.5) is 0 Å². The number of hydrogen-bond donors (Lipinski definition) is 1. The van der Waals surface area contributed by atoms with Gasteiger partial charge in [0, 0.05) is 0 Å². The zero-order valence-electron chi connectivity index (χ0n) is 6.44. The van der Waals surface area contributed by atoms with Gasteiger partial charge < -0.3 is 0 Å². The molecule has 1 aromatic rings. The predicted octanol–water partition coefficient (Wildman–Crippen LogP) is 2.82. The van der Waals surface area contributed by atoms with Gasteiger partial charge >= 0.3 is 0 Å². The van der Waals surface area contributed by atoms with Crippen LogP contribution in [0.5, 0.6) is 0 Å². The lowest BCUT2D eigenvalue weighted by Gasteiger charge is -1.96. The van der Waals surface area contributed by atoms with Crippen molar-refractivity contribution in [1.29, 1.82) is 0 Å². The fourth-order valence-electron chi connectivity index (χ4n) is 0.756. The Morgan fingerprint density at radius 1 is 0.933 bits per heavy atom. The van der Waals surface area contributed by atoms with Crippen molar-refractivity contribution in [3.05, 3.63) is 0 Å². The lowest BCUT2D eigenvalue weighted by Crippen LogP contribution is -1.92. The zero-order chi connectivity index (χ0) is 11.7. The number of halogens is 3. The van der Waals surface area contributed by atoms with Gasteiger partial charge in [-0.05, 0) is 32.0 Å². The lowest BCUT2D eigenvalue weighted by atomic mass is 10.6. The molecule has 0 N–H and O–H groups in total. The minimum Gasteiger partial charge on any atom is -0.237 e. The van der Waals surface area contributed by atoms with E-state index >= 15 is 0 Å². The molecule has 0 aliphatic carbocycles. The van der Waals surface area contributed by atoms with Gasteiger partial charge in [0.25, 0.3) is 0 Å². The first-order chi connectivity index (χ1) is 6.86. The predicted molar refractivity (Wildman–Crippen MR) is 68.4 cm³/mol. The van der Waals surface area contributed by atoms with Crippen molar-refractivity contribution in [2.75, 3.05) is 0 Å². The fraction of sp³-hybridized carbons (Fsp3) is 0. The fourth-order valence-corrected chi connectivity index (χ4v) is 7.97. The van der Waals surface area contributed by atoms with Crippen LogP contribution in [0.15, 0.2) is 18.2 Å². The topological polar surface area (TPSA) is 51.2 Å². The van der Waals surface area contributed by atoms with E-state index in [9.17, 15) is 12.6 Å². The summed E-state index contributed by atoms with van der Waals surface area (Å²) in [6, 6.07) is 0. The maximum Gasteiger partial charge on any atom is 0.159 e. The lowest BCUT2D eigenvalue weighted by molar-refractivity contribution is 0.679. The first kappa shape index (κ1) is 14.4. The smallest absolute Gasteiger partial charge is 0.159 e. The van der Waals surface area contributed by atoms with Crippen LogP contribution in [0.1, 0.15) is 0 Å². The Kier molecular flexibility index (Phi) is 5.59. The van der Waals surface area contributed by atoms with E-state index < -0.39 is 30.0 Å². The Morgan fingerprint density at radius 3 is 1.73 bits per heavy atom. The Labute approximate surface area is 116 Å². The van der Waals surface area contributed by atoms with Crippen LogP contribution in [0.2, 0.25) is 0 Å². The highest BCUT2D eigenvalue weighted by Crippen LogP contribution is 2.40. The van der Waals surface area contributed by atoms with Crippen LogP contribution < -0.4 is 0 Å². The zero-order valence-corrected chi connectivity index (χ0v) is 12.9. The molecule has 11 heteroatoms. The number of rotatable bonds is 3. The molecule has 0 saturated heterocycles. The first-order valence-electron chi connectivity index (χ1n) is 2.96. The molecule has 3 nitrogen and oxygen atoms in total. The third-order valence-corrected chi connectivity index (χ3v) is 7.52. The highest BCUT2D eigenvalue weighted by Gasteiger charge is 2.26. The second-order valence-corrected chi connectivity index (χ2v) is 9.14. The average molecular weight is 364 g/mol. The Bertz CT molecular complexity index is 468. The molecule has 0 fully saturated rings. The van der Waals surface area contributed by atoms with Crippen LogP contribution in [0, 0.1) is 0 Å². The van der Waals surface area contributed by atoms with Crippen LogP contribution in [-0.4, -0.2) is 12.6 Å². The van der Waals surface area contributed by atoms with Gasteiger partial charge in [0.2, 0.25) is 0 Å². The molecule has 0 bridgehead atoms. The molecule has 0 amide bonds. The van der Waals surface area contributed by atoms with Gasteiger partial charge in [-0.15, -0.1) is 24.0 Å². The first-order valence-corrected chi connectivity index (χ1v) is 10.1. The normalized spacial score (nSPS) is 17.3. The summed E-state index contributed by atoms with van der Waals surface area (Å²) in [5.74, 6) is 0. The number of thiophene rings is 1. The van der Waals surface area contributed by atoms with Crippen molar-refractivity contribution in [2.24, 2.45) is 0 Å². The van der Waals surface area contributed by atoms with Gasteiger partial charge in [0.15, 0.2) is 30.0 Å². The van der Waals surface area contributed by atoms with Gasteiger partial charge in [-0.1, -0.05) is 0 Å². The highest BCUT2D eigenvalue weighted by atomic mass is 35.7. The minimum absolute atomic E-state index is 0.00216. The molecule has 0 spiro atoms. The standard InChI is InChI=1S/C4HCl3O3S5/c5-13(8)1-2(14(6)9)4(15(7)10)12-3(1)11/h11H. The highest BCUT2D eigenvalue weighted by molar-refractivity contribution is 8.13. The van der Waals surface area contributed by atoms with E-state index in [0.717, 1.165) is 11.3 Å². The molecule has 15 heavy (non-hydrogen) atoms. The molecule has 3 unspecified atom stereocenters. The third kappa shape index (κ3) is 3.19. The van der Waals surface area contributed by atoms with Crippen LogP contribution in [0.3, 0.4) is 0 Å². The maximum absolute atomic E-state index is 11.2. The molecule has 0 radical (unpaired) electrons. The van der Waals surface area contributed by atoms with Gasteiger partial charge in [-0.3, -0.25) is 0 Å². The molecule has 1 aromatic heterocycles. The van der Waals surface area contributed by atoms with Crippen molar-refractivity contribution in [3.8, 4) is 0 Å². The number of thiol groups is 1. The average Bonchev–Trinajstić information content (AvgIpc) is 2.42. The third-order valence-electron chi connectivity index (χ3n) is 1.24. The van der Waals surface area contributed by atoms with Gasteiger partial charge in [-0.2, -0.15) is 0 Å². The van der Waals surface area contributed by atoms with E-state index in [1.165, 1.54) is 0 Å². The molecular weight excluding hydrogens is 363 g/mol. The summed E-state index contributed by atoms with van der Waals surface area (Å²) in [5, 5.41) is 0. The summed E-state index contributed by atoms with van der Waals surface area (Å²) in [7, 11) is 10.3. The summed E-state index contributed by atoms with van der Waals surface area (Å²) in [6.45, 7) is 0. The molecule has 0 aliphatic rings. The summed E-state index contributed by atoms with van der Waals surface area (Å²) in [6.07, 6.45) is 0. The van der Waals surface area contributed by atoms with E-state index in [2.05, 4.69) is 12.6 Å². The summed E-state index contributed by atoms with van der Waals surface area (Å²) in [4.78, 5) is -0.0735. The molecular formula is C4HCl3O3S5. The van der Waals surface area contributed by atoms with E-state index in [0.29, 0.717) is 0 Å². The van der Waals surface area contributed by atoms with E-state index in [1.807, 2.05) is 0 Å². The SMILES string of the molecule is O=S(Cl)c1sc(S)c(S(=O)Cl)c1S(=O)Cl. The van der Waals surface area contributed by atoms with Crippen molar-refractivity contribution in [2.45, 2.75) is 18.2 Å². The van der Waals surface area contributed by atoms with E-state index in [1.54, 1.807) is 0 Å². The monoisotopic (exact) mass is 362 g/mol. The summed E-state index contributed by atoms with van der Waals surface area (Å²) < 4.78 is 33.7. The molecule has 0 aromatic carbocycles. The molecule has 3 atom stereocenters. The Morgan fingerprint density at radius 2 is 1.40 bits per heavy atom. The van der Waals surface area contributed by atoms with Crippen molar-refractivity contribution in [1.82, 2.24) is 0 Å². The van der Waals surface area contributed by atoms with Crippen molar-refractivity contribution < 1.29 is 12.6 Å². The minimum atomic E-state index is -1.99. The summed E-state index contributed by atoms with van der Waals surface area (Å²) in [5.41, 5.74) is 0. The van der Waals surface area contributed by atoms with Gasteiger partial charge in [0.1, 0.15) is 9.10 Å². The van der Waals surface area contributed by atoms with Crippen LogP contribution >= 0.6 is 56.0 Å². The molecule has 0 saturated carbocycles. The van der Waals surface area contributed by atoms with E-state index in [-0.39, 0.29) is 18.2 Å². The van der Waals surface area contributed by atoms with Crippen LogP contribution in [0.25, 0.3) is 0 Å². The second-order valence-electron chi connectivity index (χ2n) is 2.02. The molecule has 86 valence electrons. The Balaban J connectivity index is 3.59. The maximum atomic E-state index is 11.2. The van der Waals surface area contributed by atoms with Crippen LogP contribution in [-0.2, 0) is 30.0 Å².